The molecule has 3 N–H and O–H groups in total. The number of carbonyl (C=O) groups is 2. The van der Waals surface area contributed by atoms with E-state index in [-0.39, 0.29) is 16.7 Å². The van der Waals surface area contributed by atoms with Crippen LogP contribution in [0.5, 0.6) is 0 Å². The van der Waals surface area contributed by atoms with Gasteiger partial charge in [0, 0.05) is 0 Å². The van der Waals surface area contributed by atoms with Crippen LogP contribution in [-0.4, -0.2) is 27.3 Å². The van der Waals surface area contributed by atoms with Crippen molar-refractivity contribution in [3.63, 3.8) is 0 Å². The third-order valence-corrected chi connectivity index (χ3v) is 2.88. The molecule has 5 nitrogen and oxygen atoms in total. The first kappa shape index (κ1) is 13.8. The van der Waals surface area contributed by atoms with E-state index in [1.165, 1.54) is 12.1 Å². The van der Waals surface area contributed by atoms with Gasteiger partial charge in [-0.2, -0.15) is 0 Å². The largest absolute Gasteiger partial charge is 0.478 e. The predicted molar refractivity (Wildman–Crippen MR) is 70.9 cm³/mol. The van der Waals surface area contributed by atoms with Gasteiger partial charge in [-0.05, 0) is 29.3 Å². The molecule has 1 unspecified atom stereocenters. The number of carboxylic acids is 2. The summed E-state index contributed by atoms with van der Waals surface area (Å²) in [6, 6.07) is 12.2. The number of aliphatic hydroxyl groups is 1. The lowest BCUT2D eigenvalue weighted by Crippen LogP contribution is -2.07. The summed E-state index contributed by atoms with van der Waals surface area (Å²) < 4.78 is 0. The van der Waals surface area contributed by atoms with Crippen LogP contribution in [0, 0.1) is 0 Å². The van der Waals surface area contributed by atoms with Gasteiger partial charge in [0.1, 0.15) is 6.10 Å². The molecule has 0 fully saturated rings. The zero-order valence-corrected chi connectivity index (χ0v) is 10.4. The highest BCUT2D eigenvalue weighted by atomic mass is 16.4. The van der Waals surface area contributed by atoms with Crippen LogP contribution in [0.2, 0.25) is 0 Å². The van der Waals surface area contributed by atoms with Gasteiger partial charge in [-0.1, -0.05) is 30.3 Å². The second kappa shape index (κ2) is 5.54. The molecule has 102 valence electrons. The number of carboxylic acid groups (broad SMARTS) is 2. The van der Waals surface area contributed by atoms with Crippen molar-refractivity contribution in [3.05, 3.63) is 70.8 Å². The van der Waals surface area contributed by atoms with Crippen molar-refractivity contribution in [1.82, 2.24) is 0 Å². The van der Waals surface area contributed by atoms with E-state index in [0.717, 1.165) is 6.07 Å². The van der Waals surface area contributed by atoms with E-state index in [4.69, 9.17) is 10.2 Å². The summed E-state index contributed by atoms with van der Waals surface area (Å²) in [7, 11) is 0. The van der Waals surface area contributed by atoms with Crippen LogP contribution in [0.15, 0.2) is 48.5 Å². The van der Waals surface area contributed by atoms with Crippen LogP contribution < -0.4 is 0 Å². The van der Waals surface area contributed by atoms with Crippen molar-refractivity contribution >= 4 is 11.9 Å². The highest BCUT2D eigenvalue weighted by Gasteiger charge is 2.16. The molecule has 0 spiro atoms. The minimum atomic E-state index is -1.24. The fourth-order valence-corrected chi connectivity index (χ4v) is 1.88. The molecule has 2 rings (SSSR count). The minimum absolute atomic E-state index is 0.171. The fraction of sp³-hybridized carbons (Fsp3) is 0.0667. The SMILES string of the molecule is O=C(O)c1cc(C(=O)O)cc(C(O)c2ccccc2)c1. The molecule has 0 saturated carbocycles. The maximum absolute atomic E-state index is 11.0. The fourth-order valence-electron chi connectivity index (χ4n) is 1.88. The van der Waals surface area contributed by atoms with Crippen LogP contribution in [0.25, 0.3) is 0 Å². The molecule has 20 heavy (non-hydrogen) atoms. The van der Waals surface area contributed by atoms with Gasteiger partial charge in [-0.15, -0.1) is 0 Å². The first-order chi connectivity index (χ1) is 9.49. The molecule has 0 aliphatic carbocycles. The van der Waals surface area contributed by atoms with Crippen molar-refractivity contribution in [2.45, 2.75) is 6.10 Å². The minimum Gasteiger partial charge on any atom is -0.478 e. The molecule has 5 heteroatoms. The third kappa shape index (κ3) is 2.84. The van der Waals surface area contributed by atoms with Crippen LogP contribution in [-0.2, 0) is 0 Å². The lowest BCUT2D eigenvalue weighted by molar-refractivity contribution is 0.0696. The summed E-state index contributed by atoms with van der Waals surface area (Å²) in [5.74, 6) is -2.48. The molecule has 0 bridgehead atoms. The number of aliphatic hydroxyl groups excluding tert-OH is 1. The molecule has 0 radical (unpaired) electrons. The predicted octanol–water partition coefficient (Wildman–Crippen LogP) is 2.16. The lowest BCUT2D eigenvalue weighted by Gasteiger charge is -2.13. The molecule has 2 aromatic rings. The van der Waals surface area contributed by atoms with E-state index in [1.54, 1.807) is 30.3 Å². The van der Waals surface area contributed by atoms with Crippen LogP contribution in [0.3, 0.4) is 0 Å². The highest BCUT2D eigenvalue weighted by molar-refractivity contribution is 5.94. The van der Waals surface area contributed by atoms with E-state index < -0.39 is 18.0 Å². The van der Waals surface area contributed by atoms with Gasteiger partial charge in [-0.3, -0.25) is 0 Å². The molecular formula is C15H12O5. The number of rotatable bonds is 4. The van der Waals surface area contributed by atoms with Crippen molar-refractivity contribution in [3.8, 4) is 0 Å². The standard InChI is InChI=1S/C15H12O5/c16-13(9-4-2-1-3-5-9)10-6-11(14(17)18)8-12(7-10)15(19)20/h1-8,13,16H,(H,17,18)(H,19,20). The van der Waals surface area contributed by atoms with E-state index in [9.17, 15) is 14.7 Å². The van der Waals surface area contributed by atoms with Crippen molar-refractivity contribution < 1.29 is 24.9 Å². The Hall–Kier alpha value is -2.66. The normalized spacial score (nSPS) is 11.8. The average Bonchev–Trinajstić information content (AvgIpc) is 2.46. The number of hydrogen-bond donors (Lipinski definition) is 3. The van der Waals surface area contributed by atoms with Gasteiger partial charge in [0.15, 0.2) is 0 Å². The van der Waals surface area contributed by atoms with Gasteiger partial charge in [-0.25, -0.2) is 9.59 Å². The van der Waals surface area contributed by atoms with E-state index in [2.05, 4.69) is 0 Å². The number of benzene rings is 2. The zero-order valence-electron chi connectivity index (χ0n) is 10.4. The monoisotopic (exact) mass is 272 g/mol. The van der Waals surface area contributed by atoms with Gasteiger partial charge >= 0.3 is 11.9 Å². The molecule has 0 heterocycles. The Morgan fingerprint density at radius 2 is 1.30 bits per heavy atom. The third-order valence-electron chi connectivity index (χ3n) is 2.88. The molecule has 0 saturated heterocycles. The smallest absolute Gasteiger partial charge is 0.335 e. The Kier molecular flexibility index (Phi) is 3.81. The molecule has 1 atom stereocenters. The van der Waals surface area contributed by atoms with E-state index in [0.29, 0.717) is 5.56 Å². The van der Waals surface area contributed by atoms with Crippen LogP contribution >= 0.6 is 0 Å². The summed E-state index contributed by atoms with van der Waals surface area (Å²) >= 11 is 0. The Balaban J connectivity index is 2.50. The number of aromatic carboxylic acids is 2. The topological polar surface area (TPSA) is 94.8 Å². The van der Waals surface area contributed by atoms with Gasteiger partial charge < -0.3 is 15.3 Å². The average molecular weight is 272 g/mol. The summed E-state index contributed by atoms with van der Waals surface area (Å²) in [6.07, 6.45) is -1.08. The van der Waals surface area contributed by atoms with E-state index in [1.807, 2.05) is 0 Å². The van der Waals surface area contributed by atoms with Gasteiger partial charge in [0.05, 0.1) is 11.1 Å². The Morgan fingerprint density at radius 3 is 1.75 bits per heavy atom. The summed E-state index contributed by atoms with van der Waals surface area (Å²) in [6.45, 7) is 0. The molecular weight excluding hydrogens is 260 g/mol. The first-order valence-electron chi connectivity index (χ1n) is 5.83. The van der Waals surface area contributed by atoms with Gasteiger partial charge in [0.2, 0.25) is 0 Å². The second-order valence-electron chi connectivity index (χ2n) is 4.27. The van der Waals surface area contributed by atoms with Crippen molar-refractivity contribution in [2.24, 2.45) is 0 Å². The summed E-state index contributed by atoms with van der Waals surface area (Å²) in [5, 5.41) is 28.2. The number of hydrogen-bond acceptors (Lipinski definition) is 3. The second-order valence-corrected chi connectivity index (χ2v) is 4.27. The summed E-state index contributed by atoms with van der Waals surface area (Å²) in [5.41, 5.74) is 0.449. The molecule has 0 aliphatic heterocycles. The summed E-state index contributed by atoms with van der Waals surface area (Å²) in [4.78, 5) is 22.0. The molecule has 0 aliphatic rings. The molecule has 0 aromatic heterocycles. The van der Waals surface area contributed by atoms with Gasteiger partial charge in [0.25, 0.3) is 0 Å². The van der Waals surface area contributed by atoms with Crippen LogP contribution in [0.4, 0.5) is 0 Å². The van der Waals surface area contributed by atoms with Crippen molar-refractivity contribution in [2.75, 3.05) is 0 Å². The maximum Gasteiger partial charge on any atom is 0.335 e. The maximum atomic E-state index is 11.0. The van der Waals surface area contributed by atoms with E-state index >= 15 is 0 Å². The first-order valence-corrected chi connectivity index (χ1v) is 5.83. The van der Waals surface area contributed by atoms with Crippen LogP contribution in [0.1, 0.15) is 37.9 Å². The highest BCUT2D eigenvalue weighted by Crippen LogP contribution is 2.24. The quantitative estimate of drug-likeness (QED) is 0.792. The Bertz CT molecular complexity index is 616. The lowest BCUT2D eigenvalue weighted by atomic mass is 9.97. The molecule has 0 amide bonds. The molecule has 2 aromatic carbocycles. The van der Waals surface area contributed by atoms with Crippen molar-refractivity contribution in [1.29, 1.82) is 0 Å². The zero-order chi connectivity index (χ0) is 14.7. The Morgan fingerprint density at radius 1 is 0.800 bits per heavy atom. The Labute approximate surface area is 114 Å².